The van der Waals surface area contributed by atoms with Crippen molar-refractivity contribution in [3.05, 3.63) is 78.4 Å². The molecule has 0 unspecified atom stereocenters. The van der Waals surface area contributed by atoms with Gasteiger partial charge in [-0.1, -0.05) is 67.6 Å². The monoisotopic (exact) mass is 444 g/mol. The molecule has 0 bridgehead atoms. The zero-order chi connectivity index (χ0) is 23.3. The van der Waals surface area contributed by atoms with Crippen molar-refractivity contribution in [1.29, 1.82) is 0 Å². The number of hydrogen-bond acceptors (Lipinski definition) is 4. The Kier molecular flexibility index (Phi) is 7.09. The van der Waals surface area contributed by atoms with Gasteiger partial charge in [0.1, 0.15) is 5.54 Å². The molecule has 1 heterocycles. The summed E-state index contributed by atoms with van der Waals surface area (Å²) in [6.07, 6.45) is 2.38. The highest BCUT2D eigenvalue weighted by Gasteiger charge is 2.49. The fraction of sp³-hybridized carbons (Fsp3) is 0.357. The third-order valence-electron chi connectivity index (χ3n) is 6.82. The maximum atomic E-state index is 13.1. The number of methoxy groups -OCH3 is 1. The van der Waals surface area contributed by atoms with Crippen molar-refractivity contribution in [2.45, 2.75) is 38.1 Å². The molecule has 0 aromatic heterocycles. The zero-order valence-corrected chi connectivity index (χ0v) is 19.5. The molecule has 1 amide bonds. The van der Waals surface area contributed by atoms with Crippen molar-refractivity contribution in [2.75, 3.05) is 31.6 Å². The first-order chi connectivity index (χ1) is 16.1. The van der Waals surface area contributed by atoms with Crippen LogP contribution < -0.4 is 4.90 Å². The van der Waals surface area contributed by atoms with Crippen LogP contribution in [0.4, 0.5) is 5.69 Å². The number of nitrogens with zero attached hydrogens (tertiary/aromatic N) is 2. The Morgan fingerprint density at radius 1 is 0.939 bits per heavy atom. The molecule has 33 heavy (non-hydrogen) atoms. The second kappa shape index (κ2) is 10.2. The Bertz CT molecular complexity index is 1100. The number of hydrogen-bond donors (Lipinski definition) is 0. The lowest BCUT2D eigenvalue weighted by Gasteiger charge is -2.46. The molecular formula is C28H32N2O3. The van der Waals surface area contributed by atoms with Crippen LogP contribution in [-0.4, -0.2) is 49.1 Å². The quantitative estimate of drug-likeness (QED) is 0.490. The van der Waals surface area contributed by atoms with Gasteiger partial charge in [-0.3, -0.25) is 9.69 Å². The molecule has 0 N–H and O–H groups in total. The minimum absolute atomic E-state index is 0.0594. The number of rotatable bonds is 7. The Labute approximate surface area is 195 Å². The molecule has 1 saturated heterocycles. The number of likely N-dealkylation sites (tertiary alicyclic amines) is 1. The fourth-order valence-electron chi connectivity index (χ4n) is 5.01. The number of carbonyl (C=O) groups excluding carboxylic acids is 2. The lowest BCUT2D eigenvalue weighted by atomic mass is 9.84. The van der Waals surface area contributed by atoms with Crippen LogP contribution in [0.15, 0.2) is 72.8 Å². The number of anilines is 1. The minimum Gasteiger partial charge on any atom is -0.467 e. The van der Waals surface area contributed by atoms with Gasteiger partial charge in [0.05, 0.1) is 7.11 Å². The van der Waals surface area contributed by atoms with Crippen molar-refractivity contribution < 1.29 is 14.3 Å². The van der Waals surface area contributed by atoms with Crippen molar-refractivity contribution >= 4 is 28.3 Å². The van der Waals surface area contributed by atoms with E-state index in [0.29, 0.717) is 19.3 Å². The molecule has 5 nitrogen and oxygen atoms in total. The summed E-state index contributed by atoms with van der Waals surface area (Å²) in [6, 6.07) is 24.4. The Balaban J connectivity index is 1.52. The van der Waals surface area contributed by atoms with Gasteiger partial charge < -0.3 is 9.64 Å². The molecule has 3 aromatic rings. The molecule has 5 heteroatoms. The maximum absolute atomic E-state index is 13.1. The SMILES string of the molecule is CCC(=O)N(c1ccccc1)C1(C(=O)OC)CCN(CCc2cccc3ccccc23)CC1. The molecule has 172 valence electrons. The van der Waals surface area contributed by atoms with Gasteiger partial charge >= 0.3 is 5.97 Å². The van der Waals surface area contributed by atoms with E-state index in [9.17, 15) is 9.59 Å². The Morgan fingerprint density at radius 3 is 2.30 bits per heavy atom. The summed E-state index contributed by atoms with van der Waals surface area (Å²) in [5.41, 5.74) is 1.11. The number of ether oxygens (including phenoxy) is 1. The number of esters is 1. The maximum Gasteiger partial charge on any atom is 0.332 e. The van der Waals surface area contributed by atoms with Gasteiger partial charge in [0, 0.05) is 31.7 Å². The van der Waals surface area contributed by atoms with E-state index < -0.39 is 5.54 Å². The average molecular weight is 445 g/mol. The van der Waals surface area contributed by atoms with Crippen LogP contribution in [0.3, 0.4) is 0 Å². The molecule has 4 rings (SSSR count). The molecule has 1 aliphatic rings. The third kappa shape index (κ3) is 4.64. The van der Waals surface area contributed by atoms with E-state index in [0.717, 1.165) is 31.7 Å². The average Bonchev–Trinajstić information content (AvgIpc) is 2.88. The lowest BCUT2D eigenvalue weighted by molar-refractivity contribution is -0.151. The van der Waals surface area contributed by atoms with E-state index in [1.54, 1.807) is 4.90 Å². The van der Waals surface area contributed by atoms with Crippen molar-refractivity contribution in [2.24, 2.45) is 0 Å². The van der Waals surface area contributed by atoms with Crippen molar-refractivity contribution in [1.82, 2.24) is 4.90 Å². The van der Waals surface area contributed by atoms with Crippen LogP contribution in [0.1, 0.15) is 31.7 Å². The van der Waals surface area contributed by atoms with Gasteiger partial charge in [0.25, 0.3) is 0 Å². The van der Waals surface area contributed by atoms with Crippen LogP contribution in [0, 0.1) is 0 Å². The molecular weight excluding hydrogens is 412 g/mol. The molecule has 0 atom stereocenters. The predicted octanol–water partition coefficient (Wildman–Crippen LogP) is 4.83. The number of benzene rings is 3. The van der Waals surface area contributed by atoms with Crippen LogP contribution in [-0.2, 0) is 20.7 Å². The molecule has 0 saturated carbocycles. The van der Waals surface area contributed by atoms with Gasteiger partial charge in [0.15, 0.2) is 0 Å². The summed E-state index contributed by atoms with van der Waals surface area (Å²) in [7, 11) is 1.41. The first kappa shape index (κ1) is 23.0. The highest BCUT2D eigenvalue weighted by atomic mass is 16.5. The zero-order valence-electron chi connectivity index (χ0n) is 19.5. The summed E-state index contributed by atoms with van der Waals surface area (Å²) in [5.74, 6) is -0.391. The van der Waals surface area contributed by atoms with Crippen molar-refractivity contribution in [3.8, 4) is 0 Å². The Morgan fingerprint density at radius 2 is 1.61 bits per heavy atom. The number of carbonyl (C=O) groups is 2. The highest BCUT2D eigenvalue weighted by molar-refractivity contribution is 6.02. The van der Waals surface area contributed by atoms with Crippen LogP contribution in [0.5, 0.6) is 0 Å². The summed E-state index contributed by atoms with van der Waals surface area (Å²) in [4.78, 5) is 30.3. The van der Waals surface area contributed by atoms with E-state index in [-0.39, 0.29) is 11.9 Å². The molecule has 0 aliphatic carbocycles. The van der Waals surface area contributed by atoms with Crippen LogP contribution >= 0.6 is 0 Å². The summed E-state index contributed by atoms with van der Waals surface area (Å²) in [6.45, 7) is 4.22. The van der Waals surface area contributed by atoms with E-state index in [2.05, 4.69) is 47.4 Å². The first-order valence-electron chi connectivity index (χ1n) is 11.7. The van der Waals surface area contributed by atoms with E-state index in [1.807, 2.05) is 37.3 Å². The second-order valence-corrected chi connectivity index (χ2v) is 8.67. The largest absolute Gasteiger partial charge is 0.467 e. The third-order valence-corrected chi connectivity index (χ3v) is 6.82. The molecule has 1 aliphatic heterocycles. The first-order valence-corrected chi connectivity index (χ1v) is 11.7. The lowest BCUT2D eigenvalue weighted by Crippen LogP contribution is -2.62. The van der Waals surface area contributed by atoms with Gasteiger partial charge in [-0.15, -0.1) is 0 Å². The summed E-state index contributed by atoms with van der Waals surface area (Å²) >= 11 is 0. The van der Waals surface area contributed by atoms with Gasteiger partial charge in [-0.05, 0) is 47.7 Å². The molecule has 0 radical (unpaired) electrons. The van der Waals surface area contributed by atoms with E-state index in [1.165, 1.54) is 23.4 Å². The summed E-state index contributed by atoms with van der Waals surface area (Å²) in [5, 5.41) is 2.56. The normalized spacial score (nSPS) is 15.8. The topological polar surface area (TPSA) is 49.9 Å². The van der Waals surface area contributed by atoms with Gasteiger partial charge in [-0.2, -0.15) is 0 Å². The Hall–Kier alpha value is -3.18. The smallest absolute Gasteiger partial charge is 0.332 e. The minimum atomic E-state index is -0.973. The molecule has 0 spiro atoms. The fourth-order valence-corrected chi connectivity index (χ4v) is 5.01. The van der Waals surface area contributed by atoms with Gasteiger partial charge in [0.2, 0.25) is 5.91 Å². The van der Waals surface area contributed by atoms with Gasteiger partial charge in [-0.25, -0.2) is 4.79 Å². The molecule has 3 aromatic carbocycles. The standard InChI is InChI=1S/C28H32N2O3/c1-3-26(31)30(24-13-5-4-6-14-24)28(27(32)33-2)17-20-29(21-18-28)19-16-23-12-9-11-22-10-7-8-15-25(22)23/h4-15H,3,16-21H2,1-2H3. The number of fused-ring (bicyclic) bond motifs is 1. The van der Waals surface area contributed by atoms with E-state index >= 15 is 0 Å². The predicted molar refractivity (Wildman–Crippen MR) is 132 cm³/mol. The molecule has 1 fully saturated rings. The second-order valence-electron chi connectivity index (χ2n) is 8.67. The number of para-hydroxylation sites is 1. The van der Waals surface area contributed by atoms with Crippen LogP contribution in [0.2, 0.25) is 0 Å². The number of piperidine rings is 1. The van der Waals surface area contributed by atoms with Crippen LogP contribution in [0.25, 0.3) is 10.8 Å². The highest BCUT2D eigenvalue weighted by Crippen LogP contribution is 2.35. The summed E-state index contributed by atoms with van der Waals surface area (Å²) < 4.78 is 5.25. The van der Waals surface area contributed by atoms with E-state index in [4.69, 9.17) is 4.74 Å². The van der Waals surface area contributed by atoms with Crippen molar-refractivity contribution in [3.63, 3.8) is 0 Å². The number of amides is 1.